The van der Waals surface area contributed by atoms with Crippen LogP contribution in [0.5, 0.6) is 0 Å². The number of aromatic nitrogens is 2. The number of carbonyl (C=O) groups excluding carboxylic acids is 1. The standard InChI is InChI=1S/C17H17ClN4O2/c1-10(16(23)19-9-11-2-4-12(18)5-3-11)20-13-6-7-14-15(8-13)22-17(24)21-14/h2-8,10,20H,9H2,1H3,(H,19,23)(H2,21,22,24)/t10-/m0/s1. The number of hydrogen-bond acceptors (Lipinski definition) is 3. The van der Waals surface area contributed by atoms with Crippen molar-refractivity contribution in [1.82, 2.24) is 15.3 Å². The van der Waals surface area contributed by atoms with Gasteiger partial charge < -0.3 is 20.6 Å². The van der Waals surface area contributed by atoms with Crippen LogP contribution in [0, 0.1) is 0 Å². The molecule has 0 spiro atoms. The van der Waals surface area contributed by atoms with Gasteiger partial charge in [-0.3, -0.25) is 4.79 Å². The Morgan fingerprint density at radius 3 is 2.58 bits per heavy atom. The van der Waals surface area contributed by atoms with Gasteiger partial charge in [-0.05, 0) is 42.8 Å². The zero-order chi connectivity index (χ0) is 17.1. The first-order chi connectivity index (χ1) is 11.5. The van der Waals surface area contributed by atoms with Crippen molar-refractivity contribution >= 4 is 34.2 Å². The van der Waals surface area contributed by atoms with Crippen LogP contribution in [0.3, 0.4) is 0 Å². The van der Waals surface area contributed by atoms with Crippen LogP contribution in [0.1, 0.15) is 12.5 Å². The minimum atomic E-state index is -0.416. The maximum atomic E-state index is 12.2. The van der Waals surface area contributed by atoms with Gasteiger partial charge in [0.05, 0.1) is 11.0 Å². The molecule has 0 unspecified atom stereocenters. The van der Waals surface area contributed by atoms with E-state index in [1.54, 1.807) is 31.2 Å². The first-order valence-corrected chi connectivity index (χ1v) is 7.90. The van der Waals surface area contributed by atoms with Gasteiger partial charge in [-0.2, -0.15) is 0 Å². The maximum Gasteiger partial charge on any atom is 0.323 e. The Morgan fingerprint density at radius 2 is 1.83 bits per heavy atom. The van der Waals surface area contributed by atoms with Crippen LogP contribution in [-0.2, 0) is 11.3 Å². The summed E-state index contributed by atoms with van der Waals surface area (Å²) in [5, 5.41) is 6.66. The summed E-state index contributed by atoms with van der Waals surface area (Å²) < 4.78 is 0. The van der Waals surface area contributed by atoms with Gasteiger partial charge in [0, 0.05) is 17.3 Å². The highest BCUT2D eigenvalue weighted by Crippen LogP contribution is 2.15. The van der Waals surface area contributed by atoms with Crippen molar-refractivity contribution in [3.8, 4) is 0 Å². The third-order valence-electron chi connectivity index (χ3n) is 3.67. The van der Waals surface area contributed by atoms with E-state index in [0.29, 0.717) is 17.1 Å². The van der Waals surface area contributed by atoms with Gasteiger partial charge in [-0.15, -0.1) is 0 Å². The monoisotopic (exact) mass is 344 g/mol. The molecule has 4 N–H and O–H groups in total. The molecule has 6 nitrogen and oxygen atoms in total. The minimum absolute atomic E-state index is 0.118. The highest BCUT2D eigenvalue weighted by atomic mass is 35.5. The summed E-state index contributed by atoms with van der Waals surface area (Å²) in [4.78, 5) is 28.8. The van der Waals surface area contributed by atoms with Gasteiger partial charge in [0.1, 0.15) is 6.04 Å². The molecule has 0 fully saturated rings. The van der Waals surface area contributed by atoms with Gasteiger partial charge in [-0.1, -0.05) is 23.7 Å². The Bertz CT molecular complexity index is 914. The molecule has 0 bridgehead atoms. The van der Waals surface area contributed by atoms with Crippen molar-refractivity contribution in [2.45, 2.75) is 19.5 Å². The summed E-state index contributed by atoms with van der Waals surface area (Å²) in [5.41, 5.74) is 2.90. The Balaban J connectivity index is 1.60. The molecule has 0 radical (unpaired) electrons. The fraction of sp³-hybridized carbons (Fsp3) is 0.176. The molecule has 0 aliphatic carbocycles. The fourth-order valence-corrected chi connectivity index (χ4v) is 2.51. The third kappa shape index (κ3) is 3.78. The topological polar surface area (TPSA) is 89.8 Å². The van der Waals surface area contributed by atoms with Crippen molar-refractivity contribution < 1.29 is 4.79 Å². The van der Waals surface area contributed by atoms with Crippen molar-refractivity contribution in [2.24, 2.45) is 0 Å². The SMILES string of the molecule is C[C@H](Nc1ccc2[nH]c(=O)[nH]c2c1)C(=O)NCc1ccc(Cl)cc1. The molecule has 0 aliphatic heterocycles. The smallest absolute Gasteiger partial charge is 0.323 e. The molecule has 1 atom stereocenters. The Kier molecular flexibility index (Phi) is 4.57. The van der Waals surface area contributed by atoms with E-state index < -0.39 is 6.04 Å². The fourth-order valence-electron chi connectivity index (χ4n) is 2.38. The molecule has 1 heterocycles. The normalized spacial score (nSPS) is 12.1. The van der Waals surface area contributed by atoms with Crippen LogP contribution in [0.2, 0.25) is 5.02 Å². The largest absolute Gasteiger partial charge is 0.374 e. The molecule has 2 aromatic carbocycles. The lowest BCUT2D eigenvalue weighted by Crippen LogP contribution is -2.37. The average Bonchev–Trinajstić information content (AvgIpc) is 2.93. The zero-order valence-corrected chi connectivity index (χ0v) is 13.8. The van der Waals surface area contributed by atoms with Crippen LogP contribution in [0.15, 0.2) is 47.3 Å². The highest BCUT2D eigenvalue weighted by molar-refractivity contribution is 6.30. The number of nitrogens with one attached hydrogen (secondary N) is 4. The predicted octanol–water partition coefficient (Wildman–Crippen LogP) is 2.63. The quantitative estimate of drug-likeness (QED) is 0.573. The first kappa shape index (κ1) is 16.1. The summed E-state index contributed by atoms with van der Waals surface area (Å²) in [6.45, 7) is 2.22. The van der Waals surface area contributed by atoms with Crippen molar-refractivity contribution in [3.05, 3.63) is 63.5 Å². The van der Waals surface area contributed by atoms with Crippen molar-refractivity contribution in [1.29, 1.82) is 0 Å². The van der Waals surface area contributed by atoms with E-state index in [0.717, 1.165) is 16.8 Å². The second kappa shape index (κ2) is 6.80. The van der Waals surface area contributed by atoms with E-state index in [1.165, 1.54) is 0 Å². The molecule has 0 saturated heterocycles. The number of halogens is 1. The maximum absolute atomic E-state index is 12.2. The van der Waals surface area contributed by atoms with Gasteiger partial charge >= 0.3 is 5.69 Å². The van der Waals surface area contributed by atoms with E-state index in [4.69, 9.17) is 11.6 Å². The summed E-state index contributed by atoms with van der Waals surface area (Å²) >= 11 is 5.84. The van der Waals surface area contributed by atoms with Crippen LogP contribution < -0.4 is 16.3 Å². The van der Waals surface area contributed by atoms with Gasteiger partial charge in [0.15, 0.2) is 0 Å². The van der Waals surface area contributed by atoms with Crippen LogP contribution >= 0.6 is 11.6 Å². The average molecular weight is 345 g/mol. The van der Waals surface area contributed by atoms with E-state index in [-0.39, 0.29) is 11.6 Å². The molecule has 0 saturated carbocycles. The molecule has 3 rings (SSSR count). The molecule has 0 aliphatic rings. The Hall–Kier alpha value is -2.73. The number of aromatic amines is 2. The summed E-state index contributed by atoms with van der Waals surface area (Å²) in [6, 6.07) is 12.3. The summed E-state index contributed by atoms with van der Waals surface area (Å²) in [6.07, 6.45) is 0. The number of H-pyrrole nitrogens is 2. The van der Waals surface area contributed by atoms with Gasteiger partial charge in [0.25, 0.3) is 0 Å². The first-order valence-electron chi connectivity index (χ1n) is 7.52. The third-order valence-corrected chi connectivity index (χ3v) is 3.92. The highest BCUT2D eigenvalue weighted by Gasteiger charge is 2.12. The van der Waals surface area contributed by atoms with Gasteiger partial charge in [-0.25, -0.2) is 4.79 Å². The molecule has 124 valence electrons. The molecular formula is C17H17ClN4O2. The Labute approximate surface area is 143 Å². The number of imidazole rings is 1. The number of rotatable bonds is 5. The lowest BCUT2D eigenvalue weighted by Gasteiger charge is -2.15. The molecular weight excluding hydrogens is 328 g/mol. The minimum Gasteiger partial charge on any atom is -0.374 e. The summed E-state index contributed by atoms with van der Waals surface area (Å²) in [7, 11) is 0. The molecule has 7 heteroatoms. The number of benzene rings is 2. The predicted molar refractivity (Wildman–Crippen MR) is 95.3 cm³/mol. The number of anilines is 1. The van der Waals surface area contributed by atoms with Crippen LogP contribution in [0.4, 0.5) is 5.69 Å². The van der Waals surface area contributed by atoms with Crippen LogP contribution in [0.25, 0.3) is 11.0 Å². The van der Waals surface area contributed by atoms with E-state index in [9.17, 15) is 9.59 Å². The van der Waals surface area contributed by atoms with Crippen LogP contribution in [-0.4, -0.2) is 21.9 Å². The van der Waals surface area contributed by atoms with Gasteiger partial charge in [0.2, 0.25) is 5.91 Å². The number of hydrogen-bond donors (Lipinski definition) is 4. The number of amides is 1. The number of fused-ring (bicyclic) bond motifs is 1. The molecule has 1 aromatic heterocycles. The van der Waals surface area contributed by atoms with Crippen molar-refractivity contribution in [3.63, 3.8) is 0 Å². The lowest BCUT2D eigenvalue weighted by molar-refractivity contribution is -0.121. The van der Waals surface area contributed by atoms with Crippen molar-refractivity contribution in [2.75, 3.05) is 5.32 Å². The second-order valence-electron chi connectivity index (χ2n) is 5.55. The molecule has 24 heavy (non-hydrogen) atoms. The van der Waals surface area contributed by atoms with E-state index >= 15 is 0 Å². The van der Waals surface area contributed by atoms with E-state index in [2.05, 4.69) is 20.6 Å². The Morgan fingerprint density at radius 1 is 1.12 bits per heavy atom. The molecule has 3 aromatic rings. The lowest BCUT2D eigenvalue weighted by atomic mass is 10.2. The molecule has 1 amide bonds. The van der Waals surface area contributed by atoms with E-state index in [1.807, 2.05) is 18.2 Å². The second-order valence-corrected chi connectivity index (χ2v) is 5.99. The zero-order valence-electron chi connectivity index (χ0n) is 13.0. The number of carbonyl (C=O) groups is 1. The summed E-state index contributed by atoms with van der Waals surface area (Å²) in [5.74, 6) is -0.118.